The number of rotatable bonds is 4. The van der Waals surface area contributed by atoms with Gasteiger partial charge in [0, 0.05) is 11.1 Å². The van der Waals surface area contributed by atoms with E-state index in [0.717, 1.165) is 5.56 Å². The number of benzene rings is 2. The first-order valence-corrected chi connectivity index (χ1v) is 8.28. The average Bonchev–Trinajstić information content (AvgIpc) is 2.90. The van der Waals surface area contributed by atoms with Crippen molar-refractivity contribution < 1.29 is 12.8 Å². The minimum atomic E-state index is -3.67. The summed E-state index contributed by atoms with van der Waals surface area (Å²) >= 11 is 0. The van der Waals surface area contributed by atoms with Crippen molar-refractivity contribution in [2.24, 2.45) is 0 Å². The molecule has 2 aromatic rings. The maximum absolute atomic E-state index is 13.6. The summed E-state index contributed by atoms with van der Waals surface area (Å²) in [6, 6.07) is 11.3. The summed E-state index contributed by atoms with van der Waals surface area (Å²) in [5.41, 5.74) is 5.46. The summed E-state index contributed by atoms with van der Waals surface area (Å²) in [6.07, 6.45) is 2.20. The Hall–Kier alpha value is -2.18. The fourth-order valence-corrected chi connectivity index (χ4v) is 3.21. The third-order valence-electron chi connectivity index (χ3n) is 3.57. The van der Waals surface area contributed by atoms with Crippen LogP contribution in [0.2, 0.25) is 0 Å². The fourth-order valence-electron chi connectivity index (χ4n) is 2.35. The number of fused-ring (bicyclic) bond motifs is 1. The zero-order valence-electron chi connectivity index (χ0n) is 11.9. The summed E-state index contributed by atoms with van der Waals surface area (Å²) in [4.78, 5) is 2.50. The van der Waals surface area contributed by atoms with Crippen LogP contribution < -0.4 is 10.3 Å². The van der Waals surface area contributed by atoms with Crippen LogP contribution in [0.5, 0.6) is 0 Å². The Balaban J connectivity index is 1.77. The normalized spacial score (nSPS) is 13.6. The Labute approximate surface area is 128 Å². The lowest BCUT2D eigenvalue weighted by Crippen LogP contribution is -2.35. The average molecular weight is 318 g/mol. The van der Waals surface area contributed by atoms with E-state index in [0.29, 0.717) is 23.2 Å². The Morgan fingerprint density at radius 2 is 1.82 bits per heavy atom. The molecule has 114 valence electrons. The van der Waals surface area contributed by atoms with Crippen molar-refractivity contribution in [3.63, 3.8) is 0 Å². The minimum Gasteiger partial charge on any atom is -0.308 e. The quantitative estimate of drug-likeness (QED) is 0.852. The van der Waals surface area contributed by atoms with Crippen LogP contribution >= 0.6 is 0 Å². The summed E-state index contributed by atoms with van der Waals surface area (Å²) in [6.45, 7) is 1.89. The predicted molar refractivity (Wildman–Crippen MR) is 82.7 cm³/mol. The molecule has 2 N–H and O–H groups in total. The monoisotopic (exact) mass is 318 g/mol. The number of aryl methyl sites for hydroxylation is 1. The van der Waals surface area contributed by atoms with Crippen LogP contribution in [0, 0.1) is 12.7 Å². The van der Waals surface area contributed by atoms with E-state index in [1.165, 1.54) is 18.2 Å². The van der Waals surface area contributed by atoms with Crippen LogP contribution in [0.15, 0.2) is 53.4 Å². The largest absolute Gasteiger partial charge is 0.308 e. The van der Waals surface area contributed by atoms with Crippen molar-refractivity contribution in [3.05, 3.63) is 71.0 Å². The van der Waals surface area contributed by atoms with Crippen LogP contribution in [0.4, 0.5) is 4.39 Å². The van der Waals surface area contributed by atoms with Gasteiger partial charge in [0.2, 0.25) is 0 Å². The molecule has 0 aliphatic heterocycles. The van der Waals surface area contributed by atoms with Crippen LogP contribution in [0.25, 0.3) is 5.70 Å². The molecule has 2 aromatic carbocycles. The first-order chi connectivity index (χ1) is 10.5. The molecule has 1 aliphatic rings. The summed E-state index contributed by atoms with van der Waals surface area (Å²) in [5.74, 6) is -0.285. The Morgan fingerprint density at radius 1 is 1.09 bits per heavy atom. The minimum absolute atomic E-state index is 0.170. The third-order valence-corrected chi connectivity index (χ3v) is 4.83. The van der Waals surface area contributed by atoms with Gasteiger partial charge in [-0.05, 0) is 31.5 Å². The Bertz CT molecular complexity index is 843. The number of nitrogens with one attached hydrogen (secondary N) is 2. The highest BCUT2D eigenvalue weighted by Crippen LogP contribution is 2.27. The summed E-state index contributed by atoms with van der Waals surface area (Å²) < 4.78 is 38.0. The summed E-state index contributed by atoms with van der Waals surface area (Å²) in [7, 11) is -3.67. The Kier molecular flexibility index (Phi) is 3.72. The topological polar surface area (TPSA) is 58.2 Å². The van der Waals surface area contributed by atoms with Crippen LogP contribution in [0.3, 0.4) is 0 Å². The predicted octanol–water partition coefficient (Wildman–Crippen LogP) is 2.51. The van der Waals surface area contributed by atoms with Crippen molar-refractivity contribution in [1.82, 2.24) is 10.3 Å². The lowest BCUT2D eigenvalue weighted by molar-refractivity contribution is 0.576. The highest BCUT2D eigenvalue weighted by atomic mass is 32.2. The maximum atomic E-state index is 13.6. The molecule has 4 nitrogen and oxygen atoms in total. The second kappa shape index (κ2) is 5.55. The van der Waals surface area contributed by atoms with Gasteiger partial charge >= 0.3 is 0 Å². The molecule has 0 radical (unpaired) electrons. The van der Waals surface area contributed by atoms with Crippen molar-refractivity contribution in [2.45, 2.75) is 18.2 Å². The van der Waals surface area contributed by atoms with E-state index in [1.54, 1.807) is 30.3 Å². The van der Waals surface area contributed by atoms with Gasteiger partial charge < -0.3 is 5.43 Å². The van der Waals surface area contributed by atoms with Crippen molar-refractivity contribution in [3.8, 4) is 0 Å². The lowest BCUT2D eigenvalue weighted by atomic mass is 10.1. The number of hydrogen-bond donors (Lipinski definition) is 2. The lowest BCUT2D eigenvalue weighted by Gasteiger charge is -2.12. The van der Waals surface area contributed by atoms with Gasteiger partial charge in [-0.2, -0.15) is 0 Å². The molecule has 0 amide bonds. The van der Waals surface area contributed by atoms with Gasteiger partial charge in [0.1, 0.15) is 5.82 Å². The molecule has 6 heteroatoms. The highest BCUT2D eigenvalue weighted by molar-refractivity contribution is 7.89. The molecule has 0 saturated heterocycles. The molecular formula is C16H15FN2O2S. The molecule has 1 aliphatic carbocycles. The first-order valence-electron chi connectivity index (χ1n) is 6.80. The third kappa shape index (κ3) is 2.75. The summed E-state index contributed by atoms with van der Waals surface area (Å²) in [5, 5.41) is 0. The van der Waals surface area contributed by atoms with Crippen molar-refractivity contribution in [2.75, 3.05) is 0 Å². The second-order valence-corrected chi connectivity index (χ2v) is 6.81. The van der Waals surface area contributed by atoms with E-state index in [2.05, 4.69) is 10.3 Å². The van der Waals surface area contributed by atoms with E-state index in [-0.39, 0.29) is 10.7 Å². The van der Waals surface area contributed by atoms with Gasteiger partial charge in [0.25, 0.3) is 10.0 Å². The van der Waals surface area contributed by atoms with Gasteiger partial charge in [0.15, 0.2) is 0 Å². The van der Waals surface area contributed by atoms with Crippen molar-refractivity contribution >= 4 is 15.7 Å². The van der Waals surface area contributed by atoms with Gasteiger partial charge in [-0.1, -0.05) is 35.9 Å². The van der Waals surface area contributed by atoms with Crippen LogP contribution in [0.1, 0.15) is 16.7 Å². The molecule has 0 spiro atoms. The van der Waals surface area contributed by atoms with Gasteiger partial charge in [-0.15, -0.1) is 4.83 Å². The Morgan fingerprint density at radius 3 is 2.55 bits per heavy atom. The molecule has 0 saturated carbocycles. The van der Waals surface area contributed by atoms with E-state index in [4.69, 9.17) is 0 Å². The van der Waals surface area contributed by atoms with E-state index in [1.807, 2.05) is 6.92 Å². The SMILES string of the molecule is Cc1ccc(S(=O)(=O)NNC2=CCc3c(F)cccc32)cc1. The van der Waals surface area contributed by atoms with Gasteiger partial charge in [0.05, 0.1) is 10.6 Å². The standard InChI is InChI=1S/C16H15FN2O2S/c1-11-5-7-12(8-6-11)22(20,21)19-18-16-10-9-13-14(16)3-2-4-15(13)17/h2-8,10,18-19H,9H2,1H3. The molecule has 22 heavy (non-hydrogen) atoms. The van der Waals surface area contributed by atoms with E-state index >= 15 is 0 Å². The number of allylic oxidation sites excluding steroid dienone is 1. The van der Waals surface area contributed by atoms with Gasteiger partial charge in [-0.3, -0.25) is 0 Å². The smallest absolute Gasteiger partial charge is 0.257 e. The van der Waals surface area contributed by atoms with E-state index in [9.17, 15) is 12.8 Å². The number of hydrogen-bond acceptors (Lipinski definition) is 3. The fraction of sp³-hybridized carbons (Fsp3) is 0.125. The van der Waals surface area contributed by atoms with Crippen LogP contribution in [-0.2, 0) is 16.4 Å². The molecule has 0 heterocycles. The van der Waals surface area contributed by atoms with Gasteiger partial charge in [-0.25, -0.2) is 12.8 Å². The molecule has 0 atom stereocenters. The van der Waals surface area contributed by atoms with E-state index < -0.39 is 10.0 Å². The highest BCUT2D eigenvalue weighted by Gasteiger charge is 2.19. The molecule has 0 fully saturated rings. The molecule has 3 rings (SSSR count). The molecule has 0 bridgehead atoms. The maximum Gasteiger partial charge on any atom is 0.257 e. The zero-order chi connectivity index (χ0) is 15.7. The second-order valence-electron chi connectivity index (χ2n) is 5.13. The zero-order valence-corrected chi connectivity index (χ0v) is 12.7. The molecule has 0 unspecified atom stereocenters. The van der Waals surface area contributed by atoms with Crippen molar-refractivity contribution in [1.29, 1.82) is 0 Å². The number of sulfonamides is 1. The number of halogens is 1. The van der Waals surface area contributed by atoms with Crippen LogP contribution in [-0.4, -0.2) is 8.42 Å². The molecule has 0 aromatic heterocycles. The number of hydrazine groups is 1. The molecular weight excluding hydrogens is 303 g/mol. The first kappa shape index (κ1) is 14.7.